The molecular weight excluding hydrogens is 411 g/mol. The van der Waals surface area contributed by atoms with Crippen molar-refractivity contribution in [3.8, 4) is 22.5 Å². The predicted molar refractivity (Wildman–Crippen MR) is 107 cm³/mol. The van der Waals surface area contributed by atoms with Gasteiger partial charge in [-0.15, -0.1) is 9.38 Å². The Hall–Kier alpha value is -3.76. The number of anilines is 1. The van der Waals surface area contributed by atoms with Crippen LogP contribution >= 0.6 is 0 Å². The number of hydrogen-bond acceptors (Lipinski definition) is 5. The zero-order valence-electron chi connectivity index (χ0n) is 16.7. The van der Waals surface area contributed by atoms with E-state index in [1.807, 2.05) is 13.8 Å². The monoisotopic (exact) mass is 430 g/mol. The minimum Gasteiger partial charge on any atom is -0.319 e. The van der Waals surface area contributed by atoms with Gasteiger partial charge in [-0.3, -0.25) is 9.97 Å². The molecule has 160 valence electrons. The summed E-state index contributed by atoms with van der Waals surface area (Å²) in [5.41, 5.74) is 9.08. The largest absolute Gasteiger partial charge is 0.428 e. The molecule has 3 N–H and O–H groups in total. The van der Waals surface area contributed by atoms with Crippen molar-refractivity contribution in [2.45, 2.75) is 33.0 Å². The number of aryl methyl sites for hydroxylation is 3. The van der Waals surface area contributed by atoms with Gasteiger partial charge in [0.05, 0.1) is 24.2 Å². The summed E-state index contributed by atoms with van der Waals surface area (Å²) in [5.74, 6) is -0.158. The van der Waals surface area contributed by atoms with Gasteiger partial charge >= 0.3 is 17.8 Å². The van der Waals surface area contributed by atoms with Gasteiger partial charge in [-0.05, 0) is 43.7 Å². The van der Waals surface area contributed by atoms with Crippen LogP contribution in [0.1, 0.15) is 17.8 Å². The molecular formula is C20H19F3N7O+. The van der Waals surface area contributed by atoms with Crippen LogP contribution in [0.25, 0.3) is 28.2 Å². The Morgan fingerprint density at radius 1 is 1.16 bits per heavy atom. The Morgan fingerprint density at radius 2 is 1.87 bits per heavy atom. The summed E-state index contributed by atoms with van der Waals surface area (Å²) < 4.78 is 40.2. The van der Waals surface area contributed by atoms with Crippen LogP contribution in [0.4, 0.5) is 19.1 Å². The first kappa shape index (κ1) is 20.5. The number of H-pyrrole nitrogens is 1. The maximum atomic E-state index is 12.8. The van der Waals surface area contributed by atoms with Crippen LogP contribution in [-0.4, -0.2) is 30.9 Å². The standard InChI is InChI=1S/C20H18F3N7O/c1-11-9-13(10-12(2)26-11)15-16(14-5-3-4-7-25-14)27-18(24)30-17(15)28-29(19(30)31)8-6-20(21,22)23/h3-5,7,9-10H,6,8H2,1-2H3,(H2,24,26,27,28)/p+1. The van der Waals surface area contributed by atoms with Gasteiger partial charge in [-0.1, -0.05) is 6.07 Å². The molecule has 0 aliphatic rings. The van der Waals surface area contributed by atoms with Crippen molar-refractivity contribution in [3.63, 3.8) is 0 Å². The highest BCUT2D eigenvalue weighted by atomic mass is 19.4. The number of aromatic nitrogens is 6. The molecule has 4 heterocycles. The van der Waals surface area contributed by atoms with Gasteiger partial charge < -0.3 is 5.73 Å². The molecule has 11 heteroatoms. The highest BCUT2D eigenvalue weighted by molar-refractivity contribution is 5.87. The van der Waals surface area contributed by atoms with E-state index in [0.717, 1.165) is 20.5 Å². The van der Waals surface area contributed by atoms with E-state index in [1.54, 1.807) is 36.5 Å². The van der Waals surface area contributed by atoms with E-state index in [0.29, 0.717) is 22.5 Å². The number of hydrogen-bond donors (Lipinski definition) is 2. The van der Waals surface area contributed by atoms with Crippen LogP contribution < -0.4 is 15.8 Å². The van der Waals surface area contributed by atoms with Crippen molar-refractivity contribution in [1.82, 2.24) is 24.7 Å². The quantitative estimate of drug-likeness (QED) is 0.484. The second kappa shape index (κ2) is 7.49. The summed E-state index contributed by atoms with van der Waals surface area (Å²) in [6.07, 6.45) is -3.98. The number of rotatable bonds is 4. The normalized spacial score (nSPS) is 11.9. The van der Waals surface area contributed by atoms with E-state index >= 15 is 0 Å². The zero-order chi connectivity index (χ0) is 22.3. The SMILES string of the molecule is Cc1cc(-c2c(-c3ccccn3)nc(N)[n+]3c(=O)n(CCC(F)(F)F)[nH]c23)cc(C)n1. The molecule has 31 heavy (non-hydrogen) atoms. The Morgan fingerprint density at radius 3 is 2.48 bits per heavy atom. The van der Waals surface area contributed by atoms with Gasteiger partial charge in [-0.2, -0.15) is 17.9 Å². The highest BCUT2D eigenvalue weighted by Gasteiger charge is 2.30. The first-order valence-electron chi connectivity index (χ1n) is 9.42. The fourth-order valence-corrected chi connectivity index (χ4v) is 3.49. The van der Waals surface area contributed by atoms with Gasteiger partial charge in [-0.25, -0.2) is 9.89 Å². The molecule has 0 fully saturated rings. The van der Waals surface area contributed by atoms with Crippen LogP contribution in [0.2, 0.25) is 0 Å². The molecule has 0 saturated heterocycles. The Labute approximate surface area is 174 Å². The molecule has 0 radical (unpaired) electrons. The lowest BCUT2D eigenvalue weighted by Gasteiger charge is -2.09. The van der Waals surface area contributed by atoms with Crippen molar-refractivity contribution in [2.24, 2.45) is 0 Å². The van der Waals surface area contributed by atoms with Gasteiger partial charge in [0.1, 0.15) is 0 Å². The van der Waals surface area contributed by atoms with E-state index in [-0.39, 0.29) is 11.6 Å². The number of nitrogens with two attached hydrogens (primary N) is 1. The third kappa shape index (κ3) is 3.98. The first-order valence-corrected chi connectivity index (χ1v) is 9.42. The van der Waals surface area contributed by atoms with E-state index in [2.05, 4.69) is 20.1 Å². The van der Waals surface area contributed by atoms with Crippen LogP contribution in [0.5, 0.6) is 0 Å². The van der Waals surface area contributed by atoms with Crippen molar-refractivity contribution in [3.05, 3.63) is 58.4 Å². The summed E-state index contributed by atoms with van der Waals surface area (Å²) in [4.78, 5) is 25.9. The van der Waals surface area contributed by atoms with E-state index < -0.39 is 24.8 Å². The molecule has 0 bridgehead atoms. The smallest absolute Gasteiger partial charge is 0.319 e. The zero-order valence-corrected chi connectivity index (χ0v) is 16.7. The average Bonchev–Trinajstić information content (AvgIpc) is 3.02. The fraction of sp³-hybridized carbons (Fsp3) is 0.250. The number of pyridine rings is 2. The molecule has 0 aliphatic carbocycles. The third-order valence-electron chi connectivity index (χ3n) is 4.71. The molecule has 0 aliphatic heterocycles. The van der Waals surface area contributed by atoms with Crippen molar-refractivity contribution < 1.29 is 17.6 Å². The topological polar surface area (TPSA) is 107 Å². The van der Waals surface area contributed by atoms with Crippen LogP contribution in [-0.2, 0) is 6.54 Å². The Bertz CT molecular complexity index is 1310. The van der Waals surface area contributed by atoms with Gasteiger partial charge in [0, 0.05) is 17.6 Å². The average molecular weight is 430 g/mol. The molecule has 0 saturated carbocycles. The first-order chi connectivity index (χ1) is 14.6. The second-order valence-electron chi connectivity index (χ2n) is 7.14. The fourth-order valence-electron chi connectivity index (χ4n) is 3.49. The van der Waals surface area contributed by atoms with Crippen molar-refractivity contribution in [2.75, 3.05) is 5.73 Å². The molecule has 0 atom stereocenters. The van der Waals surface area contributed by atoms with E-state index in [1.165, 1.54) is 0 Å². The Kier molecular flexibility index (Phi) is 4.96. The number of nitrogen functional groups attached to an aromatic ring is 1. The van der Waals surface area contributed by atoms with Gasteiger partial charge in [0.2, 0.25) is 5.65 Å². The lowest BCUT2D eigenvalue weighted by atomic mass is 10.0. The maximum absolute atomic E-state index is 12.8. The number of nitrogens with zero attached hydrogens (tertiary/aromatic N) is 5. The van der Waals surface area contributed by atoms with Crippen LogP contribution in [0, 0.1) is 13.8 Å². The number of nitrogens with one attached hydrogen (secondary N) is 1. The van der Waals surface area contributed by atoms with E-state index in [9.17, 15) is 18.0 Å². The van der Waals surface area contributed by atoms with Crippen molar-refractivity contribution in [1.29, 1.82) is 0 Å². The molecule has 8 nitrogen and oxygen atoms in total. The summed E-state index contributed by atoms with van der Waals surface area (Å²) in [6, 6.07) is 8.87. The molecule has 4 rings (SSSR count). The molecule has 4 aromatic heterocycles. The number of aromatic amines is 1. The lowest BCUT2D eigenvalue weighted by molar-refractivity contribution is -0.516. The van der Waals surface area contributed by atoms with Gasteiger partial charge in [0.15, 0.2) is 5.69 Å². The summed E-state index contributed by atoms with van der Waals surface area (Å²) in [7, 11) is 0. The summed E-state index contributed by atoms with van der Waals surface area (Å²) >= 11 is 0. The number of alkyl halides is 3. The number of fused-ring (bicyclic) bond motifs is 1. The molecule has 0 aromatic carbocycles. The van der Waals surface area contributed by atoms with Crippen molar-refractivity contribution >= 4 is 11.6 Å². The Balaban J connectivity index is 2.05. The summed E-state index contributed by atoms with van der Waals surface area (Å²) in [6.45, 7) is 3.07. The highest BCUT2D eigenvalue weighted by Crippen LogP contribution is 2.32. The summed E-state index contributed by atoms with van der Waals surface area (Å²) in [5, 5.41) is 2.79. The second-order valence-corrected chi connectivity index (χ2v) is 7.14. The minimum atomic E-state index is -4.41. The van der Waals surface area contributed by atoms with Crippen LogP contribution in [0.3, 0.4) is 0 Å². The van der Waals surface area contributed by atoms with E-state index in [4.69, 9.17) is 5.73 Å². The molecule has 4 aromatic rings. The van der Waals surface area contributed by atoms with Crippen LogP contribution in [0.15, 0.2) is 41.3 Å². The molecule has 0 spiro atoms. The maximum Gasteiger partial charge on any atom is 0.428 e. The predicted octanol–water partition coefficient (Wildman–Crippen LogP) is 2.59. The third-order valence-corrected chi connectivity index (χ3v) is 4.71. The minimum absolute atomic E-state index is 0.158. The molecule has 0 amide bonds. The number of halogens is 3. The van der Waals surface area contributed by atoms with Gasteiger partial charge in [0.25, 0.3) is 0 Å². The lowest BCUT2D eigenvalue weighted by Crippen LogP contribution is -2.44. The molecule has 0 unspecified atom stereocenters.